The molecule has 3 rings (SSSR count). The molecule has 0 saturated carbocycles. The van der Waals surface area contributed by atoms with E-state index >= 15 is 0 Å². The van der Waals surface area contributed by atoms with Crippen LogP contribution < -0.4 is 0 Å². The Morgan fingerprint density at radius 3 is 2.52 bits per heavy atom. The van der Waals surface area contributed by atoms with E-state index in [1.54, 1.807) is 18.2 Å². The van der Waals surface area contributed by atoms with Crippen LogP contribution in [0.15, 0.2) is 36.4 Å². The van der Waals surface area contributed by atoms with Gasteiger partial charge in [-0.15, -0.1) is 0 Å². The van der Waals surface area contributed by atoms with Crippen LogP contribution in [-0.2, 0) is 6.18 Å². The lowest BCUT2D eigenvalue weighted by atomic mass is 10.1. The molecule has 0 saturated heterocycles. The summed E-state index contributed by atoms with van der Waals surface area (Å²) in [6.07, 6.45) is -4.51. The molecule has 21 heavy (non-hydrogen) atoms. The minimum absolute atomic E-state index is 0.193. The molecule has 7 heteroatoms. The molecule has 0 unspecified atom stereocenters. The topological polar surface area (TPSA) is 28.7 Å². The van der Waals surface area contributed by atoms with Crippen LogP contribution in [0.3, 0.4) is 0 Å². The number of benzene rings is 2. The number of fused-ring (bicyclic) bond motifs is 1. The quantitative estimate of drug-likeness (QED) is 0.622. The fourth-order valence-electron chi connectivity index (χ4n) is 2.04. The number of halogens is 5. The number of imidazole rings is 1. The Bertz CT molecular complexity index is 825. The molecule has 0 radical (unpaired) electrons. The number of H-pyrrole nitrogens is 1. The number of aromatic nitrogens is 2. The lowest BCUT2D eigenvalue weighted by molar-refractivity contribution is -0.137. The molecule has 0 aliphatic carbocycles. The third-order valence-electron chi connectivity index (χ3n) is 3.00. The minimum Gasteiger partial charge on any atom is -0.338 e. The molecule has 0 aliphatic heterocycles. The molecule has 1 aromatic heterocycles. The summed E-state index contributed by atoms with van der Waals surface area (Å²) >= 11 is 11.7. The van der Waals surface area contributed by atoms with Crippen LogP contribution in [0, 0.1) is 0 Å². The Balaban J connectivity index is 2.19. The van der Waals surface area contributed by atoms with Crippen molar-refractivity contribution in [1.82, 2.24) is 9.97 Å². The van der Waals surface area contributed by atoms with Crippen molar-refractivity contribution in [2.45, 2.75) is 6.18 Å². The van der Waals surface area contributed by atoms with Gasteiger partial charge in [-0.05, 0) is 30.3 Å². The molecular formula is C14H7Cl2F3N2. The summed E-state index contributed by atoms with van der Waals surface area (Å²) in [5.41, 5.74) is 0.535. The van der Waals surface area contributed by atoms with Gasteiger partial charge >= 0.3 is 6.18 Å². The number of nitrogens with one attached hydrogen (secondary N) is 1. The summed E-state index contributed by atoms with van der Waals surface area (Å²) in [5.74, 6) is 0.267. The van der Waals surface area contributed by atoms with Gasteiger partial charge in [-0.1, -0.05) is 29.3 Å². The zero-order valence-electron chi connectivity index (χ0n) is 10.3. The number of hydrogen-bond acceptors (Lipinski definition) is 1. The SMILES string of the molecule is FC(F)(F)c1cccc(-c2nc3cc(Cl)ccc3[nH]2)c1Cl. The van der Waals surface area contributed by atoms with Gasteiger partial charge in [-0.3, -0.25) is 0 Å². The van der Waals surface area contributed by atoms with Crippen LogP contribution >= 0.6 is 23.2 Å². The van der Waals surface area contributed by atoms with Crippen molar-refractivity contribution in [3.05, 3.63) is 52.0 Å². The van der Waals surface area contributed by atoms with E-state index in [0.717, 1.165) is 6.07 Å². The van der Waals surface area contributed by atoms with Crippen LogP contribution in [0.1, 0.15) is 5.56 Å². The summed E-state index contributed by atoms with van der Waals surface area (Å²) in [7, 11) is 0. The highest BCUT2D eigenvalue weighted by Gasteiger charge is 2.34. The number of alkyl halides is 3. The summed E-state index contributed by atoms with van der Waals surface area (Å²) in [5, 5.41) is 0.117. The number of rotatable bonds is 1. The Hall–Kier alpha value is -1.72. The smallest absolute Gasteiger partial charge is 0.338 e. The maximum absolute atomic E-state index is 12.9. The van der Waals surface area contributed by atoms with Gasteiger partial charge in [-0.2, -0.15) is 13.2 Å². The first-order valence-corrected chi connectivity index (χ1v) is 6.63. The Morgan fingerprint density at radius 1 is 1.05 bits per heavy atom. The van der Waals surface area contributed by atoms with E-state index in [2.05, 4.69) is 9.97 Å². The molecule has 2 nitrogen and oxygen atoms in total. The van der Waals surface area contributed by atoms with Crippen molar-refractivity contribution < 1.29 is 13.2 Å². The molecule has 0 bridgehead atoms. The van der Waals surface area contributed by atoms with Crippen LogP contribution in [-0.4, -0.2) is 9.97 Å². The molecule has 0 atom stereocenters. The standard InChI is InChI=1S/C14H7Cl2F3N2/c15-7-4-5-10-11(6-7)21-13(20-10)8-2-1-3-9(12(8)16)14(17,18)19/h1-6H,(H,20,21). The van der Waals surface area contributed by atoms with Crippen LogP contribution in [0.4, 0.5) is 13.2 Å². The maximum Gasteiger partial charge on any atom is 0.417 e. The predicted molar refractivity (Wildman–Crippen MR) is 76.6 cm³/mol. The average molecular weight is 331 g/mol. The number of nitrogens with zero attached hydrogens (tertiary/aromatic N) is 1. The number of hydrogen-bond donors (Lipinski definition) is 1. The van der Waals surface area contributed by atoms with Gasteiger partial charge in [-0.25, -0.2) is 4.98 Å². The zero-order chi connectivity index (χ0) is 15.2. The lowest BCUT2D eigenvalue weighted by Gasteiger charge is -2.10. The van der Waals surface area contributed by atoms with Crippen LogP contribution in [0.25, 0.3) is 22.4 Å². The molecule has 2 aromatic carbocycles. The van der Waals surface area contributed by atoms with E-state index in [1.807, 2.05) is 0 Å². The highest BCUT2D eigenvalue weighted by molar-refractivity contribution is 6.34. The van der Waals surface area contributed by atoms with E-state index < -0.39 is 11.7 Å². The van der Waals surface area contributed by atoms with E-state index in [4.69, 9.17) is 23.2 Å². The molecule has 1 heterocycles. The largest absolute Gasteiger partial charge is 0.417 e. The first-order valence-electron chi connectivity index (χ1n) is 5.87. The first kappa shape index (κ1) is 14.2. The van der Waals surface area contributed by atoms with Crippen LogP contribution in [0.2, 0.25) is 10.0 Å². The van der Waals surface area contributed by atoms with E-state index in [9.17, 15) is 13.2 Å². The van der Waals surface area contributed by atoms with Gasteiger partial charge in [0.05, 0.1) is 21.6 Å². The van der Waals surface area contributed by atoms with Gasteiger partial charge in [0, 0.05) is 10.6 Å². The van der Waals surface area contributed by atoms with Gasteiger partial charge in [0.25, 0.3) is 0 Å². The molecule has 0 spiro atoms. The van der Waals surface area contributed by atoms with Gasteiger partial charge in [0.15, 0.2) is 0 Å². The summed E-state index contributed by atoms with van der Waals surface area (Å²) in [4.78, 5) is 7.17. The third-order valence-corrected chi connectivity index (χ3v) is 3.65. The molecule has 1 N–H and O–H groups in total. The monoisotopic (exact) mass is 330 g/mol. The van der Waals surface area contributed by atoms with Gasteiger partial charge in [0.1, 0.15) is 5.82 Å². The highest BCUT2D eigenvalue weighted by Crippen LogP contribution is 2.39. The fourth-order valence-corrected chi connectivity index (χ4v) is 2.53. The van der Waals surface area contributed by atoms with Crippen molar-refractivity contribution in [3.63, 3.8) is 0 Å². The second-order valence-electron chi connectivity index (χ2n) is 4.41. The third kappa shape index (κ3) is 2.59. The predicted octanol–water partition coefficient (Wildman–Crippen LogP) is 5.56. The van der Waals surface area contributed by atoms with Gasteiger partial charge < -0.3 is 4.98 Å². The zero-order valence-corrected chi connectivity index (χ0v) is 11.8. The Labute approximate surface area is 127 Å². The summed E-state index contributed by atoms with van der Waals surface area (Å²) in [6.45, 7) is 0. The van der Waals surface area contributed by atoms with E-state index in [0.29, 0.717) is 16.1 Å². The normalized spacial score (nSPS) is 12.0. The molecule has 3 aromatic rings. The molecule has 0 amide bonds. The number of aromatic amines is 1. The van der Waals surface area contributed by atoms with Crippen molar-refractivity contribution in [3.8, 4) is 11.4 Å². The van der Waals surface area contributed by atoms with E-state index in [1.165, 1.54) is 12.1 Å². The Kier molecular flexibility index (Phi) is 3.34. The second kappa shape index (κ2) is 4.93. The molecule has 0 aliphatic rings. The fraction of sp³-hybridized carbons (Fsp3) is 0.0714. The Morgan fingerprint density at radius 2 is 1.81 bits per heavy atom. The summed E-state index contributed by atoms with van der Waals surface area (Å²) < 4.78 is 38.6. The van der Waals surface area contributed by atoms with Crippen LogP contribution in [0.5, 0.6) is 0 Å². The second-order valence-corrected chi connectivity index (χ2v) is 5.23. The molecule has 108 valence electrons. The van der Waals surface area contributed by atoms with Crippen molar-refractivity contribution in [2.75, 3.05) is 0 Å². The first-order chi connectivity index (χ1) is 9.86. The average Bonchev–Trinajstić information content (AvgIpc) is 2.80. The minimum atomic E-state index is -4.51. The highest BCUT2D eigenvalue weighted by atomic mass is 35.5. The summed E-state index contributed by atoms with van der Waals surface area (Å²) in [6, 6.07) is 8.71. The van der Waals surface area contributed by atoms with Crippen molar-refractivity contribution in [2.24, 2.45) is 0 Å². The lowest BCUT2D eigenvalue weighted by Crippen LogP contribution is -2.06. The maximum atomic E-state index is 12.9. The van der Waals surface area contributed by atoms with Gasteiger partial charge in [0.2, 0.25) is 0 Å². The molecule has 0 fully saturated rings. The molecular weight excluding hydrogens is 324 g/mol. The van der Waals surface area contributed by atoms with Crippen molar-refractivity contribution in [1.29, 1.82) is 0 Å². The van der Waals surface area contributed by atoms with Crippen molar-refractivity contribution >= 4 is 34.2 Å². The van der Waals surface area contributed by atoms with E-state index in [-0.39, 0.29) is 16.4 Å².